The molecule has 0 heterocycles. The van der Waals surface area contributed by atoms with Crippen LogP contribution in [0.3, 0.4) is 0 Å². The molecule has 0 saturated heterocycles. The number of hydrogen-bond donors (Lipinski definition) is 0. The van der Waals surface area contributed by atoms with Gasteiger partial charge in [0, 0.05) is 14.2 Å². The molecule has 18 heavy (non-hydrogen) atoms. The summed E-state index contributed by atoms with van der Waals surface area (Å²) in [5, 5.41) is 0. The van der Waals surface area contributed by atoms with E-state index >= 15 is 0 Å². The van der Waals surface area contributed by atoms with Crippen molar-refractivity contribution in [3.63, 3.8) is 0 Å². The van der Waals surface area contributed by atoms with E-state index in [2.05, 4.69) is 11.7 Å². The maximum absolute atomic E-state index is 13.4. The van der Waals surface area contributed by atoms with Gasteiger partial charge in [0.1, 0.15) is 5.82 Å². The number of halogens is 1. The SMILES string of the molecule is CC1CCC(Cc2ccccc2F)CC1.COC. The van der Waals surface area contributed by atoms with Gasteiger partial charge in [0.2, 0.25) is 0 Å². The second-order valence-corrected chi connectivity index (χ2v) is 5.33. The Morgan fingerprint density at radius 2 is 1.67 bits per heavy atom. The second kappa shape index (κ2) is 8.25. The smallest absolute Gasteiger partial charge is 0.126 e. The summed E-state index contributed by atoms with van der Waals surface area (Å²) >= 11 is 0. The highest BCUT2D eigenvalue weighted by Crippen LogP contribution is 2.30. The quantitative estimate of drug-likeness (QED) is 0.755. The summed E-state index contributed by atoms with van der Waals surface area (Å²) in [7, 11) is 3.25. The molecule has 0 atom stereocenters. The molecule has 1 aromatic carbocycles. The third-order valence-electron chi connectivity index (χ3n) is 3.60. The Hall–Kier alpha value is -0.890. The summed E-state index contributed by atoms with van der Waals surface area (Å²) in [5.41, 5.74) is 0.900. The normalized spacial score (nSPS) is 23.1. The molecule has 2 rings (SSSR count). The van der Waals surface area contributed by atoms with Crippen LogP contribution < -0.4 is 0 Å². The monoisotopic (exact) mass is 252 g/mol. The number of benzene rings is 1. The third-order valence-corrected chi connectivity index (χ3v) is 3.60. The zero-order valence-electron chi connectivity index (χ0n) is 11.8. The lowest BCUT2D eigenvalue weighted by Gasteiger charge is -2.26. The molecule has 0 aliphatic heterocycles. The number of rotatable bonds is 2. The lowest BCUT2D eigenvalue weighted by Crippen LogP contribution is -2.14. The standard InChI is InChI=1S/C14H19F.C2H6O/c1-11-6-8-12(9-7-11)10-13-4-2-3-5-14(13)15;1-3-2/h2-5,11-12H,6-10H2,1H3;1-2H3. The number of hydrogen-bond acceptors (Lipinski definition) is 1. The van der Waals surface area contributed by atoms with E-state index in [0.717, 1.165) is 17.9 Å². The van der Waals surface area contributed by atoms with Gasteiger partial charge in [-0.05, 0) is 42.7 Å². The van der Waals surface area contributed by atoms with Gasteiger partial charge >= 0.3 is 0 Å². The third kappa shape index (κ3) is 5.18. The van der Waals surface area contributed by atoms with Gasteiger partial charge in [-0.3, -0.25) is 0 Å². The molecule has 0 aromatic heterocycles. The minimum absolute atomic E-state index is 0.0314. The highest BCUT2D eigenvalue weighted by atomic mass is 19.1. The predicted molar refractivity (Wildman–Crippen MR) is 74.2 cm³/mol. The van der Waals surface area contributed by atoms with Gasteiger partial charge in [-0.2, -0.15) is 0 Å². The Balaban J connectivity index is 0.000000492. The van der Waals surface area contributed by atoms with Crippen LogP contribution in [-0.4, -0.2) is 14.2 Å². The molecule has 0 bridgehead atoms. The van der Waals surface area contributed by atoms with Crippen LogP contribution >= 0.6 is 0 Å². The fraction of sp³-hybridized carbons (Fsp3) is 0.625. The van der Waals surface area contributed by atoms with E-state index in [1.165, 1.54) is 25.7 Å². The summed E-state index contributed by atoms with van der Waals surface area (Å²) in [6.45, 7) is 2.32. The first-order valence-electron chi connectivity index (χ1n) is 6.80. The minimum Gasteiger partial charge on any atom is -0.388 e. The second-order valence-electron chi connectivity index (χ2n) is 5.33. The molecule has 0 amide bonds. The van der Waals surface area contributed by atoms with Crippen LogP contribution in [0.4, 0.5) is 4.39 Å². The zero-order chi connectivity index (χ0) is 13.4. The average Bonchev–Trinajstić information content (AvgIpc) is 2.36. The summed E-state index contributed by atoms with van der Waals surface area (Å²) in [6, 6.07) is 7.19. The fourth-order valence-corrected chi connectivity index (χ4v) is 2.51. The average molecular weight is 252 g/mol. The van der Waals surface area contributed by atoms with Gasteiger partial charge in [-0.1, -0.05) is 38.0 Å². The molecule has 1 fully saturated rings. The van der Waals surface area contributed by atoms with Crippen LogP contribution in [0.5, 0.6) is 0 Å². The van der Waals surface area contributed by atoms with E-state index in [1.54, 1.807) is 26.4 Å². The molecule has 1 aromatic rings. The first-order valence-corrected chi connectivity index (χ1v) is 6.80. The number of ether oxygens (including phenoxy) is 1. The van der Waals surface area contributed by atoms with Crippen molar-refractivity contribution in [2.75, 3.05) is 14.2 Å². The molecular weight excluding hydrogens is 227 g/mol. The van der Waals surface area contributed by atoms with E-state index < -0.39 is 0 Å². The van der Waals surface area contributed by atoms with Gasteiger partial charge in [-0.15, -0.1) is 0 Å². The lowest BCUT2D eigenvalue weighted by molar-refractivity contribution is 0.277. The van der Waals surface area contributed by atoms with Gasteiger partial charge in [0.25, 0.3) is 0 Å². The number of methoxy groups -OCH3 is 1. The van der Waals surface area contributed by atoms with Crippen LogP contribution in [0, 0.1) is 17.7 Å². The van der Waals surface area contributed by atoms with Crippen LogP contribution in [0.25, 0.3) is 0 Å². The molecule has 2 heteroatoms. The van der Waals surface area contributed by atoms with Crippen molar-refractivity contribution in [1.29, 1.82) is 0 Å². The van der Waals surface area contributed by atoms with E-state index in [-0.39, 0.29) is 5.82 Å². The van der Waals surface area contributed by atoms with Gasteiger partial charge in [0.15, 0.2) is 0 Å². The summed E-state index contributed by atoms with van der Waals surface area (Å²) in [5.74, 6) is 1.55. The molecule has 1 saturated carbocycles. The van der Waals surface area contributed by atoms with Gasteiger partial charge in [0.05, 0.1) is 0 Å². The molecule has 0 radical (unpaired) electrons. The van der Waals surface area contributed by atoms with Crippen LogP contribution in [0.15, 0.2) is 24.3 Å². The van der Waals surface area contributed by atoms with Gasteiger partial charge < -0.3 is 4.74 Å². The van der Waals surface area contributed by atoms with Crippen molar-refractivity contribution in [3.8, 4) is 0 Å². The topological polar surface area (TPSA) is 9.23 Å². The zero-order valence-corrected chi connectivity index (χ0v) is 11.8. The highest BCUT2D eigenvalue weighted by molar-refractivity contribution is 5.17. The van der Waals surface area contributed by atoms with Crippen molar-refractivity contribution < 1.29 is 9.13 Å². The molecular formula is C16H25FO. The van der Waals surface area contributed by atoms with E-state index in [4.69, 9.17) is 0 Å². The van der Waals surface area contributed by atoms with Crippen molar-refractivity contribution in [2.24, 2.45) is 11.8 Å². The fourth-order valence-electron chi connectivity index (χ4n) is 2.51. The Bertz CT molecular complexity index is 330. The van der Waals surface area contributed by atoms with E-state index in [1.807, 2.05) is 12.1 Å². The van der Waals surface area contributed by atoms with Crippen molar-refractivity contribution in [2.45, 2.75) is 39.0 Å². The summed E-state index contributed by atoms with van der Waals surface area (Å²) in [4.78, 5) is 0. The predicted octanol–water partition coefficient (Wildman–Crippen LogP) is 4.46. The van der Waals surface area contributed by atoms with Crippen LogP contribution in [0.2, 0.25) is 0 Å². The maximum Gasteiger partial charge on any atom is 0.126 e. The molecule has 1 nitrogen and oxygen atoms in total. The Morgan fingerprint density at radius 1 is 1.11 bits per heavy atom. The first kappa shape index (κ1) is 15.2. The maximum atomic E-state index is 13.4. The Kier molecular flexibility index (Phi) is 6.96. The van der Waals surface area contributed by atoms with E-state index in [0.29, 0.717) is 5.92 Å². The summed E-state index contributed by atoms with van der Waals surface area (Å²) in [6.07, 6.45) is 6.11. The van der Waals surface area contributed by atoms with Gasteiger partial charge in [-0.25, -0.2) is 4.39 Å². The van der Waals surface area contributed by atoms with E-state index in [9.17, 15) is 4.39 Å². The first-order chi connectivity index (χ1) is 8.67. The van der Waals surface area contributed by atoms with Crippen molar-refractivity contribution in [3.05, 3.63) is 35.6 Å². The highest BCUT2D eigenvalue weighted by Gasteiger charge is 2.19. The molecule has 102 valence electrons. The van der Waals surface area contributed by atoms with Crippen LogP contribution in [0.1, 0.15) is 38.2 Å². The molecule has 0 spiro atoms. The Morgan fingerprint density at radius 3 is 2.22 bits per heavy atom. The molecule has 1 aliphatic carbocycles. The molecule has 0 unspecified atom stereocenters. The Labute approximate surface area is 110 Å². The minimum atomic E-state index is -0.0314. The largest absolute Gasteiger partial charge is 0.388 e. The molecule has 1 aliphatic rings. The van der Waals surface area contributed by atoms with Crippen molar-refractivity contribution in [1.82, 2.24) is 0 Å². The molecule has 0 N–H and O–H groups in total. The van der Waals surface area contributed by atoms with Crippen LogP contribution in [-0.2, 0) is 11.2 Å². The summed E-state index contributed by atoms with van der Waals surface area (Å²) < 4.78 is 17.7. The van der Waals surface area contributed by atoms with Crippen molar-refractivity contribution >= 4 is 0 Å². The lowest BCUT2D eigenvalue weighted by atomic mass is 9.80.